The first-order chi connectivity index (χ1) is 12.7. The molecule has 8 heteroatoms. The summed E-state index contributed by atoms with van der Waals surface area (Å²) in [5, 5.41) is 18.6. The maximum absolute atomic E-state index is 13.6. The van der Waals surface area contributed by atoms with Crippen LogP contribution < -0.4 is 0 Å². The van der Waals surface area contributed by atoms with Crippen molar-refractivity contribution in [2.45, 2.75) is 32.3 Å². The molecule has 0 unspecified atom stereocenters. The Hall–Kier alpha value is -2.61. The van der Waals surface area contributed by atoms with Gasteiger partial charge in [0.2, 0.25) is 6.43 Å². The summed E-state index contributed by atoms with van der Waals surface area (Å²) in [7, 11) is 3.48. The molecular weight excluding hydrogens is 357 g/mol. The smallest absolute Gasteiger partial charge is 0.244 e. The Balaban J connectivity index is 2.00. The standard InChI is InChI=1S/C19H21F3N4O/c1-11(27)17-7-13(20)4-5-16(17)19-12(10-25(2)24-19)6-15-8-14(9-18(21)22)23-26(15)3/h4-5,7-8,10-11,18,27H,6,9H2,1-3H3/t11-/m1/s1. The van der Waals surface area contributed by atoms with Crippen molar-refractivity contribution in [2.75, 3.05) is 0 Å². The van der Waals surface area contributed by atoms with Crippen molar-refractivity contribution < 1.29 is 18.3 Å². The highest BCUT2D eigenvalue weighted by molar-refractivity contribution is 5.67. The summed E-state index contributed by atoms with van der Waals surface area (Å²) in [4.78, 5) is 0. The van der Waals surface area contributed by atoms with E-state index >= 15 is 0 Å². The average molecular weight is 378 g/mol. The molecule has 27 heavy (non-hydrogen) atoms. The van der Waals surface area contributed by atoms with E-state index in [0.717, 1.165) is 11.3 Å². The van der Waals surface area contributed by atoms with E-state index in [2.05, 4.69) is 10.2 Å². The molecule has 1 N–H and O–H groups in total. The molecule has 3 aromatic rings. The van der Waals surface area contributed by atoms with E-state index in [1.807, 2.05) is 6.20 Å². The Morgan fingerprint density at radius 2 is 1.89 bits per heavy atom. The minimum absolute atomic E-state index is 0.333. The summed E-state index contributed by atoms with van der Waals surface area (Å²) in [5.41, 5.74) is 3.62. The second-order valence-corrected chi connectivity index (χ2v) is 6.61. The van der Waals surface area contributed by atoms with Crippen LogP contribution in [0, 0.1) is 5.82 Å². The molecule has 0 aliphatic heterocycles. The molecule has 144 valence electrons. The van der Waals surface area contributed by atoms with Crippen LogP contribution in [-0.2, 0) is 26.9 Å². The fourth-order valence-electron chi connectivity index (χ4n) is 3.18. The van der Waals surface area contributed by atoms with Crippen LogP contribution >= 0.6 is 0 Å². The number of aryl methyl sites for hydroxylation is 2. The van der Waals surface area contributed by atoms with Gasteiger partial charge >= 0.3 is 0 Å². The topological polar surface area (TPSA) is 55.9 Å². The predicted octanol–water partition coefficient (Wildman–Crippen LogP) is 3.41. The highest BCUT2D eigenvalue weighted by Crippen LogP contribution is 2.31. The van der Waals surface area contributed by atoms with Gasteiger partial charge in [0.05, 0.1) is 23.9 Å². The fourth-order valence-corrected chi connectivity index (χ4v) is 3.18. The third-order valence-corrected chi connectivity index (χ3v) is 4.39. The Morgan fingerprint density at radius 1 is 1.15 bits per heavy atom. The lowest BCUT2D eigenvalue weighted by Gasteiger charge is -2.12. The van der Waals surface area contributed by atoms with E-state index in [0.29, 0.717) is 28.9 Å². The van der Waals surface area contributed by atoms with Gasteiger partial charge in [-0.2, -0.15) is 10.2 Å². The number of nitrogens with zero attached hydrogens (tertiary/aromatic N) is 4. The Bertz CT molecular complexity index is 947. The summed E-state index contributed by atoms with van der Waals surface area (Å²) in [6.07, 6.45) is -1.45. The maximum Gasteiger partial charge on any atom is 0.244 e. The maximum atomic E-state index is 13.6. The Morgan fingerprint density at radius 3 is 2.56 bits per heavy atom. The fraction of sp³-hybridized carbons (Fsp3) is 0.368. The number of rotatable bonds is 6. The SMILES string of the molecule is C[C@@H](O)c1cc(F)ccc1-c1nn(C)cc1Cc1cc(CC(F)F)nn1C. The number of aromatic nitrogens is 4. The number of hydrogen-bond acceptors (Lipinski definition) is 3. The van der Waals surface area contributed by atoms with E-state index < -0.39 is 24.8 Å². The summed E-state index contributed by atoms with van der Waals surface area (Å²) in [6.45, 7) is 1.57. The number of benzene rings is 1. The first-order valence-corrected chi connectivity index (χ1v) is 8.55. The predicted molar refractivity (Wildman–Crippen MR) is 95.0 cm³/mol. The average Bonchev–Trinajstić information content (AvgIpc) is 3.09. The molecule has 0 bridgehead atoms. The zero-order chi connectivity index (χ0) is 19.7. The van der Waals surface area contributed by atoms with E-state index in [1.54, 1.807) is 42.5 Å². The van der Waals surface area contributed by atoms with Crippen LogP contribution in [0.5, 0.6) is 0 Å². The summed E-state index contributed by atoms with van der Waals surface area (Å²) in [6, 6.07) is 5.87. The summed E-state index contributed by atoms with van der Waals surface area (Å²) < 4.78 is 42.1. The molecule has 0 saturated heterocycles. The first kappa shape index (κ1) is 19.2. The van der Waals surface area contributed by atoms with Crippen LogP contribution in [0.2, 0.25) is 0 Å². The second kappa shape index (κ2) is 7.56. The molecule has 1 atom stereocenters. The summed E-state index contributed by atoms with van der Waals surface area (Å²) >= 11 is 0. The van der Waals surface area contributed by atoms with Gasteiger partial charge in [-0.15, -0.1) is 0 Å². The number of halogens is 3. The van der Waals surface area contributed by atoms with Crippen LogP contribution in [0.4, 0.5) is 13.2 Å². The van der Waals surface area contributed by atoms with Crippen molar-refractivity contribution in [1.82, 2.24) is 19.6 Å². The van der Waals surface area contributed by atoms with Gasteiger partial charge in [-0.25, -0.2) is 13.2 Å². The van der Waals surface area contributed by atoms with E-state index in [1.165, 1.54) is 12.1 Å². The van der Waals surface area contributed by atoms with Gasteiger partial charge in [-0.05, 0) is 36.8 Å². The molecule has 2 aromatic heterocycles. The molecule has 1 aromatic carbocycles. The van der Waals surface area contributed by atoms with Crippen molar-refractivity contribution in [3.05, 3.63) is 58.8 Å². The van der Waals surface area contributed by atoms with Crippen LogP contribution in [0.1, 0.15) is 35.5 Å². The third-order valence-electron chi connectivity index (χ3n) is 4.39. The number of aliphatic hydroxyl groups excluding tert-OH is 1. The minimum Gasteiger partial charge on any atom is -0.389 e. The largest absolute Gasteiger partial charge is 0.389 e. The van der Waals surface area contributed by atoms with Gasteiger partial charge < -0.3 is 5.11 Å². The zero-order valence-electron chi connectivity index (χ0n) is 15.3. The molecule has 0 spiro atoms. The molecule has 0 saturated carbocycles. The molecule has 0 aliphatic carbocycles. The van der Waals surface area contributed by atoms with E-state index in [-0.39, 0.29) is 0 Å². The van der Waals surface area contributed by atoms with Crippen LogP contribution in [0.3, 0.4) is 0 Å². The molecule has 0 radical (unpaired) electrons. The normalized spacial score (nSPS) is 12.7. The Kier molecular flexibility index (Phi) is 5.36. The highest BCUT2D eigenvalue weighted by atomic mass is 19.3. The number of aliphatic hydroxyl groups is 1. The molecule has 5 nitrogen and oxygen atoms in total. The van der Waals surface area contributed by atoms with Crippen LogP contribution in [0.15, 0.2) is 30.5 Å². The lowest BCUT2D eigenvalue weighted by atomic mass is 9.97. The highest BCUT2D eigenvalue weighted by Gasteiger charge is 2.19. The van der Waals surface area contributed by atoms with Gasteiger partial charge in [0.1, 0.15) is 5.82 Å². The molecule has 0 aliphatic rings. The van der Waals surface area contributed by atoms with Crippen LogP contribution in [-0.4, -0.2) is 31.1 Å². The Labute approximate surface area is 155 Å². The van der Waals surface area contributed by atoms with Crippen molar-refractivity contribution in [3.63, 3.8) is 0 Å². The van der Waals surface area contributed by atoms with Crippen molar-refractivity contribution in [1.29, 1.82) is 0 Å². The molecule has 0 amide bonds. The molecule has 0 fully saturated rings. The van der Waals surface area contributed by atoms with Crippen molar-refractivity contribution in [3.8, 4) is 11.3 Å². The lowest BCUT2D eigenvalue weighted by molar-refractivity contribution is 0.147. The monoisotopic (exact) mass is 378 g/mol. The van der Waals surface area contributed by atoms with Gasteiger partial charge in [0.15, 0.2) is 0 Å². The second-order valence-electron chi connectivity index (χ2n) is 6.61. The van der Waals surface area contributed by atoms with E-state index in [4.69, 9.17) is 0 Å². The molecule has 2 heterocycles. The number of alkyl halides is 2. The number of hydrogen-bond donors (Lipinski definition) is 1. The van der Waals surface area contributed by atoms with Gasteiger partial charge in [0.25, 0.3) is 0 Å². The summed E-state index contributed by atoms with van der Waals surface area (Å²) in [5.74, 6) is -0.435. The lowest BCUT2D eigenvalue weighted by Crippen LogP contribution is -2.02. The van der Waals surface area contributed by atoms with Gasteiger partial charge in [-0.1, -0.05) is 0 Å². The zero-order valence-corrected chi connectivity index (χ0v) is 15.3. The van der Waals surface area contributed by atoms with E-state index in [9.17, 15) is 18.3 Å². The molecule has 3 rings (SSSR count). The van der Waals surface area contributed by atoms with Crippen molar-refractivity contribution >= 4 is 0 Å². The van der Waals surface area contributed by atoms with Crippen molar-refractivity contribution in [2.24, 2.45) is 14.1 Å². The molecular formula is C19H21F3N4O. The first-order valence-electron chi connectivity index (χ1n) is 8.55. The minimum atomic E-state index is -2.45. The van der Waals surface area contributed by atoms with Gasteiger partial charge in [-0.3, -0.25) is 9.36 Å². The third kappa shape index (κ3) is 4.21. The quantitative estimate of drug-likeness (QED) is 0.715. The van der Waals surface area contributed by atoms with Crippen LogP contribution in [0.25, 0.3) is 11.3 Å². The van der Waals surface area contributed by atoms with Gasteiger partial charge in [0, 0.05) is 43.5 Å².